The third-order valence-electron chi connectivity index (χ3n) is 5.28. The van der Waals surface area contributed by atoms with Gasteiger partial charge in [-0.05, 0) is 49.6 Å². The Morgan fingerprint density at radius 1 is 1.09 bits per heavy atom. The second-order valence-electron chi connectivity index (χ2n) is 7.69. The monoisotopic (exact) mass is 532 g/mol. The molecule has 2 atom stereocenters. The number of benzene rings is 2. The molecule has 9 heteroatoms. The predicted octanol–water partition coefficient (Wildman–Crippen LogP) is 6.74. The Morgan fingerprint density at radius 2 is 1.82 bits per heavy atom. The molecule has 0 radical (unpaired) electrons. The molecule has 0 aliphatic carbocycles. The number of rotatable bonds is 11. The Balaban J connectivity index is 2.22. The van der Waals surface area contributed by atoms with Crippen molar-refractivity contribution in [2.45, 2.75) is 58.0 Å². The lowest BCUT2D eigenvalue weighted by molar-refractivity contribution is -0.139. The van der Waals surface area contributed by atoms with Crippen molar-refractivity contribution in [3.05, 3.63) is 68.4 Å². The van der Waals surface area contributed by atoms with Crippen molar-refractivity contribution in [3.63, 3.8) is 0 Å². The van der Waals surface area contributed by atoms with Gasteiger partial charge in [-0.2, -0.15) is 0 Å². The standard InChI is InChI=1S/C24H28Cl3FN2O2S/c1-4-15(3)29-24(32)22(5-2)30(12-16-9-10-17(25)11-20(16)27)23(31)14-33-13-18-19(26)7-6-8-21(18)28/h6-11,15,22H,4-5,12-14H2,1-3H3,(H,29,32)/t15-,22-/m0/s1. The van der Waals surface area contributed by atoms with Crippen molar-refractivity contribution in [3.8, 4) is 0 Å². The molecule has 2 amide bonds. The molecule has 2 aromatic carbocycles. The molecular weight excluding hydrogens is 506 g/mol. The Morgan fingerprint density at radius 3 is 2.42 bits per heavy atom. The van der Waals surface area contributed by atoms with Gasteiger partial charge >= 0.3 is 0 Å². The summed E-state index contributed by atoms with van der Waals surface area (Å²) in [6, 6.07) is 8.86. The summed E-state index contributed by atoms with van der Waals surface area (Å²) in [6.45, 7) is 5.91. The highest BCUT2D eigenvalue weighted by molar-refractivity contribution is 7.99. The maximum atomic E-state index is 14.1. The number of carbonyl (C=O) groups excluding carboxylic acids is 2. The summed E-state index contributed by atoms with van der Waals surface area (Å²) in [5.74, 6) is -0.574. The number of amides is 2. The van der Waals surface area contributed by atoms with Crippen molar-refractivity contribution in [1.82, 2.24) is 10.2 Å². The lowest BCUT2D eigenvalue weighted by Gasteiger charge is -2.31. The molecule has 4 nitrogen and oxygen atoms in total. The van der Waals surface area contributed by atoms with Crippen LogP contribution in [0.3, 0.4) is 0 Å². The number of nitrogens with one attached hydrogen (secondary N) is 1. The van der Waals surface area contributed by atoms with Crippen LogP contribution in [0.25, 0.3) is 0 Å². The molecule has 180 valence electrons. The molecule has 0 aromatic heterocycles. The highest BCUT2D eigenvalue weighted by Crippen LogP contribution is 2.26. The van der Waals surface area contributed by atoms with E-state index in [9.17, 15) is 14.0 Å². The van der Waals surface area contributed by atoms with Crippen molar-refractivity contribution in [2.24, 2.45) is 0 Å². The molecule has 0 heterocycles. The van der Waals surface area contributed by atoms with Gasteiger partial charge in [0.15, 0.2) is 0 Å². The van der Waals surface area contributed by atoms with E-state index in [0.717, 1.165) is 6.42 Å². The first-order chi connectivity index (χ1) is 15.7. The van der Waals surface area contributed by atoms with E-state index in [1.165, 1.54) is 28.8 Å². The molecule has 0 unspecified atom stereocenters. The normalized spacial score (nSPS) is 12.8. The number of nitrogens with zero attached hydrogens (tertiary/aromatic N) is 1. The topological polar surface area (TPSA) is 49.4 Å². The molecule has 0 fully saturated rings. The zero-order valence-electron chi connectivity index (χ0n) is 18.8. The maximum Gasteiger partial charge on any atom is 0.243 e. The molecule has 0 saturated heterocycles. The van der Waals surface area contributed by atoms with Gasteiger partial charge in [-0.1, -0.05) is 60.8 Å². The highest BCUT2D eigenvalue weighted by Gasteiger charge is 2.29. The van der Waals surface area contributed by atoms with Crippen LogP contribution in [0, 0.1) is 5.82 Å². The second kappa shape index (κ2) is 13.4. The third-order valence-corrected chi connectivity index (χ3v) is 7.16. The minimum absolute atomic E-state index is 0.0137. The van der Waals surface area contributed by atoms with Crippen LogP contribution < -0.4 is 5.32 Å². The van der Waals surface area contributed by atoms with Crippen LogP contribution in [0.1, 0.15) is 44.7 Å². The van der Waals surface area contributed by atoms with Crippen LogP contribution >= 0.6 is 46.6 Å². The first kappa shape index (κ1) is 27.8. The van der Waals surface area contributed by atoms with Crippen LogP contribution in [0.5, 0.6) is 0 Å². The van der Waals surface area contributed by atoms with Crippen LogP contribution in [0.2, 0.25) is 15.1 Å². The number of thioether (sulfide) groups is 1. The Labute approximate surface area is 214 Å². The first-order valence-corrected chi connectivity index (χ1v) is 13.0. The Bertz CT molecular complexity index is 956. The Kier molecular flexibility index (Phi) is 11.3. The van der Waals surface area contributed by atoms with Crippen molar-refractivity contribution < 1.29 is 14.0 Å². The van der Waals surface area contributed by atoms with E-state index in [2.05, 4.69) is 5.32 Å². The van der Waals surface area contributed by atoms with Crippen LogP contribution in [-0.4, -0.2) is 34.6 Å². The lowest BCUT2D eigenvalue weighted by Crippen LogP contribution is -2.51. The van der Waals surface area contributed by atoms with Gasteiger partial charge in [0.05, 0.1) is 5.75 Å². The van der Waals surface area contributed by atoms with Crippen molar-refractivity contribution in [2.75, 3.05) is 5.75 Å². The molecule has 0 saturated carbocycles. The van der Waals surface area contributed by atoms with Gasteiger partial charge < -0.3 is 10.2 Å². The number of hydrogen-bond acceptors (Lipinski definition) is 3. The fourth-order valence-corrected chi connectivity index (χ4v) is 4.90. The largest absolute Gasteiger partial charge is 0.352 e. The van der Waals surface area contributed by atoms with Gasteiger partial charge in [0.25, 0.3) is 0 Å². The maximum absolute atomic E-state index is 14.1. The highest BCUT2D eigenvalue weighted by atomic mass is 35.5. The summed E-state index contributed by atoms with van der Waals surface area (Å²) in [6.07, 6.45) is 1.21. The van der Waals surface area contributed by atoms with Crippen molar-refractivity contribution >= 4 is 58.4 Å². The molecule has 1 N–H and O–H groups in total. The first-order valence-electron chi connectivity index (χ1n) is 10.7. The van der Waals surface area contributed by atoms with Gasteiger partial charge in [0, 0.05) is 39.0 Å². The SMILES string of the molecule is CC[C@H](C)NC(=O)[C@H](CC)N(Cc1ccc(Cl)cc1Cl)C(=O)CSCc1c(F)cccc1Cl. The quantitative estimate of drug-likeness (QED) is 0.348. The average Bonchev–Trinajstić information content (AvgIpc) is 2.76. The van der Waals surface area contributed by atoms with E-state index >= 15 is 0 Å². The van der Waals surface area contributed by atoms with Gasteiger partial charge in [-0.3, -0.25) is 9.59 Å². The second-order valence-corrected chi connectivity index (χ2v) is 9.93. The molecule has 33 heavy (non-hydrogen) atoms. The van der Waals surface area contributed by atoms with Gasteiger partial charge in [-0.15, -0.1) is 11.8 Å². The third kappa shape index (κ3) is 8.06. The fraction of sp³-hybridized carbons (Fsp3) is 0.417. The van der Waals surface area contributed by atoms with Crippen LogP contribution in [0.4, 0.5) is 4.39 Å². The summed E-state index contributed by atoms with van der Waals surface area (Å²) in [5, 5.41) is 4.19. The minimum atomic E-state index is -0.670. The summed E-state index contributed by atoms with van der Waals surface area (Å²) < 4.78 is 14.1. The zero-order chi connectivity index (χ0) is 24.5. The average molecular weight is 534 g/mol. The number of carbonyl (C=O) groups is 2. The van der Waals surface area contributed by atoms with E-state index in [-0.39, 0.29) is 35.9 Å². The van der Waals surface area contributed by atoms with Crippen LogP contribution in [0.15, 0.2) is 36.4 Å². The minimum Gasteiger partial charge on any atom is -0.352 e. The number of halogens is 4. The zero-order valence-corrected chi connectivity index (χ0v) is 21.9. The molecule has 2 aromatic rings. The molecular formula is C24H28Cl3FN2O2S. The van der Waals surface area contributed by atoms with Crippen LogP contribution in [-0.2, 0) is 21.9 Å². The fourth-order valence-electron chi connectivity index (χ4n) is 3.19. The lowest BCUT2D eigenvalue weighted by atomic mass is 10.1. The van der Waals surface area contributed by atoms with E-state index in [4.69, 9.17) is 34.8 Å². The van der Waals surface area contributed by atoms with Gasteiger partial charge in [-0.25, -0.2) is 4.39 Å². The van der Waals surface area contributed by atoms with E-state index in [1.54, 1.807) is 24.3 Å². The smallest absolute Gasteiger partial charge is 0.243 e. The summed E-state index contributed by atoms with van der Waals surface area (Å²) in [7, 11) is 0. The molecule has 0 aliphatic rings. The molecule has 0 bridgehead atoms. The molecule has 2 rings (SSSR count). The molecule has 0 aliphatic heterocycles. The Hall–Kier alpha value is -1.47. The van der Waals surface area contributed by atoms with Gasteiger partial charge in [0.2, 0.25) is 11.8 Å². The number of hydrogen-bond donors (Lipinski definition) is 1. The van der Waals surface area contributed by atoms with E-state index < -0.39 is 11.9 Å². The summed E-state index contributed by atoms with van der Waals surface area (Å²) in [4.78, 5) is 27.8. The predicted molar refractivity (Wildman–Crippen MR) is 137 cm³/mol. The van der Waals surface area contributed by atoms with E-state index in [0.29, 0.717) is 32.6 Å². The van der Waals surface area contributed by atoms with E-state index in [1.807, 2.05) is 20.8 Å². The van der Waals surface area contributed by atoms with Crippen molar-refractivity contribution in [1.29, 1.82) is 0 Å². The summed E-state index contributed by atoms with van der Waals surface area (Å²) in [5.41, 5.74) is 1.04. The van der Waals surface area contributed by atoms with Gasteiger partial charge in [0.1, 0.15) is 11.9 Å². The molecule has 0 spiro atoms. The summed E-state index contributed by atoms with van der Waals surface area (Å²) >= 11 is 19.7.